The van der Waals surface area contributed by atoms with E-state index < -0.39 is 17.8 Å². The van der Waals surface area contributed by atoms with Gasteiger partial charge in [-0.3, -0.25) is 4.79 Å². The molecule has 2 fully saturated rings. The number of carbonyl (C=O) groups is 1. The van der Waals surface area contributed by atoms with E-state index in [4.69, 9.17) is 0 Å². The number of aliphatic hydroxyl groups is 1. The van der Waals surface area contributed by atoms with E-state index in [0.29, 0.717) is 13.0 Å². The molecule has 0 aromatic heterocycles. The molecule has 1 atom stereocenters. The molecule has 2 aliphatic rings. The molecule has 1 aromatic rings. The molecule has 2 N–H and O–H groups in total. The van der Waals surface area contributed by atoms with Gasteiger partial charge in [0.1, 0.15) is 0 Å². The molecule has 0 radical (unpaired) electrons. The third-order valence-electron chi connectivity index (χ3n) is 5.40. The number of β-amino-alcohol motifs (C(OH)–C–C–N with tert-alkyl or cyclic N) is 1. The fourth-order valence-electron chi connectivity index (χ4n) is 3.87. The van der Waals surface area contributed by atoms with Crippen LogP contribution >= 0.6 is 0 Å². The number of aliphatic hydroxyl groups excluding tert-OH is 1. The van der Waals surface area contributed by atoms with Gasteiger partial charge in [-0.1, -0.05) is 12.1 Å². The SMILES string of the molecule is O=C1CCC2(CCNCC2)CN1CC(O)c1cccc(C(F)(F)F)c1. The Morgan fingerprint density at radius 1 is 1.24 bits per heavy atom. The van der Waals surface area contributed by atoms with Crippen LogP contribution in [0.5, 0.6) is 0 Å². The van der Waals surface area contributed by atoms with Gasteiger partial charge in [0.15, 0.2) is 0 Å². The molecule has 2 heterocycles. The van der Waals surface area contributed by atoms with Gasteiger partial charge in [0.2, 0.25) is 5.91 Å². The topological polar surface area (TPSA) is 52.6 Å². The Morgan fingerprint density at radius 3 is 2.64 bits per heavy atom. The first kappa shape index (κ1) is 18.2. The lowest BCUT2D eigenvalue weighted by molar-refractivity contribution is -0.140. The van der Waals surface area contributed by atoms with Gasteiger partial charge in [-0.15, -0.1) is 0 Å². The molecule has 1 amide bonds. The second kappa shape index (κ2) is 6.96. The van der Waals surface area contributed by atoms with Crippen LogP contribution in [-0.2, 0) is 11.0 Å². The molecule has 138 valence electrons. The normalized spacial score (nSPS) is 22.2. The molecule has 3 rings (SSSR count). The summed E-state index contributed by atoms with van der Waals surface area (Å²) in [5.41, 5.74) is -0.524. The van der Waals surface area contributed by atoms with Crippen LogP contribution in [0.15, 0.2) is 24.3 Å². The molecular formula is C18H23F3N2O2. The maximum absolute atomic E-state index is 12.8. The lowest BCUT2D eigenvalue weighted by Crippen LogP contribution is -2.51. The number of carbonyl (C=O) groups excluding carboxylic acids is 1. The number of likely N-dealkylation sites (tertiary alicyclic amines) is 1. The summed E-state index contributed by atoms with van der Waals surface area (Å²) in [6, 6.07) is 4.69. The van der Waals surface area contributed by atoms with Gasteiger partial charge in [0.25, 0.3) is 0 Å². The second-order valence-corrected chi connectivity index (χ2v) is 7.16. The molecule has 25 heavy (non-hydrogen) atoms. The summed E-state index contributed by atoms with van der Waals surface area (Å²) in [4.78, 5) is 13.9. The lowest BCUT2D eigenvalue weighted by atomic mass is 9.72. The number of nitrogens with one attached hydrogen (secondary N) is 1. The smallest absolute Gasteiger partial charge is 0.387 e. The van der Waals surface area contributed by atoms with Crippen LogP contribution in [0.2, 0.25) is 0 Å². The zero-order valence-electron chi connectivity index (χ0n) is 14.0. The standard InChI is InChI=1S/C18H23F3N2O2/c19-18(20,21)14-3-1-2-13(10-14)15(24)11-23-12-17(5-4-16(23)25)6-8-22-9-7-17/h1-3,10,15,22,24H,4-9,11-12H2. The molecule has 1 spiro atoms. The Balaban J connectivity index is 1.71. The van der Waals surface area contributed by atoms with Gasteiger partial charge < -0.3 is 15.3 Å². The van der Waals surface area contributed by atoms with Gasteiger partial charge in [0.05, 0.1) is 18.2 Å². The van der Waals surface area contributed by atoms with Crippen LogP contribution in [0.3, 0.4) is 0 Å². The van der Waals surface area contributed by atoms with Crippen molar-refractivity contribution in [3.63, 3.8) is 0 Å². The maximum Gasteiger partial charge on any atom is 0.416 e. The van der Waals surface area contributed by atoms with Crippen molar-refractivity contribution in [3.8, 4) is 0 Å². The van der Waals surface area contributed by atoms with Crippen molar-refractivity contribution >= 4 is 5.91 Å². The van der Waals surface area contributed by atoms with Crippen molar-refractivity contribution in [2.45, 2.75) is 38.0 Å². The highest BCUT2D eigenvalue weighted by atomic mass is 19.4. The largest absolute Gasteiger partial charge is 0.416 e. The highest BCUT2D eigenvalue weighted by Crippen LogP contribution is 2.39. The van der Waals surface area contributed by atoms with Crippen LogP contribution in [0.4, 0.5) is 13.2 Å². The summed E-state index contributed by atoms with van der Waals surface area (Å²) in [6.45, 7) is 2.44. The molecule has 2 aliphatic heterocycles. The molecular weight excluding hydrogens is 333 g/mol. The number of halogens is 3. The first-order valence-electron chi connectivity index (χ1n) is 8.63. The Hall–Kier alpha value is -1.60. The number of nitrogens with zero attached hydrogens (tertiary/aromatic N) is 1. The molecule has 0 bridgehead atoms. The van der Waals surface area contributed by atoms with Crippen molar-refractivity contribution in [2.24, 2.45) is 5.41 Å². The second-order valence-electron chi connectivity index (χ2n) is 7.16. The number of benzene rings is 1. The van der Waals surface area contributed by atoms with Crippen molar-refractivity contribution in [2.75, 3.05) is 26.2 Å². The van der Waals surface area contributed by atoms with Gasteiger partial charge >= 0.3 is 6.18 Å². The molecule has 1 aromatic carbocycles. The zero-order valence-corrected chi connectivity index (χ0v) is 14.0. The van der Waals surface area contributed by atoms with Gasteiger partial charge in [-0.2, -0.15) is 13.2 Å². The highest BCUT2D eigenvalue weighted by Gasteiger charge is 2.40. The van der Waals surface area contributed by atoms with Crippen LogP contribution in [-0.4, -0.2) is 42.1 Å². The zero-order chi connectivity index (χ0) is 18.1. The first-order valence-corrected chi connectivity index (χ1v) is 8.63. The Kier molecular flexibility index (Phi) is 5.06. The van der Waals surface area contributed by atoms with Crippen LogP contribution in [0, 0.1) is 5.41 Å². The number of amides is 1. The maximum atomic E-state index is 12.8. The number of alkyl halides is 3. The van der Waals surface area contributed by atoms with E-state index in [-0.39, 0.29) is 23.4 Å². The predicted molar refractivity (Wildman–Crippen MR) is 86.8 cm³/mol. The average molecular weight is 356 g/mol. The van der Waals surface area contributed by atoms with Crippen LogP contribution < -0.4 is 5.32 Å². The van der Waals surface area contributed by atoms with E-state index in [9.17, 15) is 23.1 Å². The Bertz CT molecular complexity index is 627. The molecule has 4 nitrogen and oxygen atoms in total. The fraction of sp³-hybridized carbons (Fsp3) is 0.611. The number of rotatable bonds is 3. The number of hydrogen-bond donors (Lipinski definition) is 2. The van der Waals surface area contributed by atoms with Gasteiger partial charge in [0, 0.05) is 13.0 Å². The average Bonchev–Trinajstić information content (AvgIpc) is 2.58. The summed E-state index contributed by atoms with van der Waals surface area (Å²) in [6.07, 6.45) is -2.31. The molecule has 0 aliphatic carbocycles. The van der Waals surface area contributed by atoms with Gasteiger partial charge in [-0.05, 0) is 55.5 Å². The van der Waals surface area contributed by atoms with Crippen LogP contribution in [0.25, 0.3) is 0 Å². The van der Waals surface area contributed by atoms with E-state index in [2.05, 4.69) is 5.32 Å². The van der Waals surface area contributed by atoms with E-state index in [1.807, 2.05) is 0 Å². The first-order chi connectivity index (χ1) is 11.8. The molecule has 0 saturated carbocycles. The molecule has 2 saturated heterocycles. The third kappa shape index (κ3) is 4.15. The minimum absolute atomic E-state index is 0.0322. The summed E-state index contributed by atoms with van der Waals surface area (Å²) >= 11 is 0. The highest BCUT2D eigenvalue weighted by molar-refractivity contribution is 5.77. The summed E-state index contributed by atoms with van der Waals surface area (Å²) < 4.78 is 38.5. The summed E-state index contributed by atoms with van der Waals surface area (Å²) in [7, 11) is 0. The van der Waals surface area contributed by atoms with E-state index >= 15 is 0 Å². The summed E-state index contributed by atoms with van der Waals surface area (Å²) in [5.74, 6) is -0.0322. The quantitative estimate of drug-likeness (QED) is 0.876. The minimum Gasteiger partial charge on any atom is -0.387 e. The lowest BCUT2D eigenvalue weighted by Gasteiger charge is -2.45. The summed E-state index contributed by atoms with van der Waals surface area (Å²) in [5, 5.41) is 13.7. The van der Waals surface area contributed by atoms with Crippen molar-refractivity contribution in [1.82, 2.24) is 10.2 Å². The van der Waals surface area contributed by atoms with E-state index in [0.717, 1.165) is 44.5 Å². The van der Waals surface area contributed by atoms with Crippen LogP contribution in [0.1, 0.15) is 42.9 Å². The van der Waals surface area contributed by atoms with Crippen molar-refractivity contribution in [1.29, 1.82) is 0 Å². The Labute approximate surface area is 145 Å². The monoisotopic (exact) mass is 356 g/mol. The van der Waals surface area contributed by atoms with Crippen molar-refractivity contribution in [3.05, 3.63) is 35.4 Å². The predicted octanol–water partition coefficient (Wildman–Crippen LogP) is 2.73. The number of hydrogen-bond acceptors (Lipinski definition) is 3. The fourth-order valence-corrected chi connectivity index (χ4v) is 3.87. The third-order valence-corrected chi connectivity index (χ3v) is 5.40. The minimum atomic E-state index is -4.45. The van der Waals surface area contributed by atoms with Crippen molar-refractivity contribution < 1.29 is 23.1 Å². The van der Waals surface area contributed by atoms with E-state index in [1.165, 1.54) is 12.1 Å². The molecule has 1 unspecified atom stereocenters. The van der Waals surface area contributed by atoms with E-state index in [1.54, 1.807) is 4.90 Å². The Morgan fingerprint density at radius 2 is 1.96 bits per heavy atom. The molecule has 7 heteroatoms. The van der Waals surface area contributed by atoms with Gasteiger partial charge in [-0.25, -0.2) is 0 Å². The number of piperidine rings is 2.